The first-order chi connectivity index (χ1) is 16.3. The van der Waals surface area contributed by atoms with Gasteiger partial charge < -0.3 is 4.57 Å². The predicted octanol–water partition coefficient (Wildman–Crippen LogP) is 5.89. The van der Waals surface area contributed by atoms with Gasteiger partial charge in [-0.25, -0.2) is 0 Å². The molecule has 0 saturated heterocycles. The minimum Gasteiger partial charge on any atom is -0.318 e. The van der Waals surface area contributed by atoms with E-state index in [4.69, 9.17) is 5.41 Å². The number of hydrazone groups is 1. The summed E-state index contributed by atoms with van der Waals surface area (Å²) in [5, 5.41) is 15.8. The maximum absolute atomic E-state index is 12.9. The Morgan fingerprint density at radius 1 is 1.03 bits per heavy atom. The molecule has 2 aliphatic rings. The fourth-order valence-electron chi connectivity index (χ4n) is 4.18. The third kappa shape index (κ3) is 3.82. The molecule has 0 fully saturated rings. The van der Waals surface area contributed by atoms with Crippen molar-refractivity contribution in [3.63, 3.8) is 0 Å². The fourth-order valence-corrected chi connectivity index (χ4v) is 5.08. The van der Waals surface area contributed by atoms with E-state index in [-0.39, 0.29) is 11.4 Å². The van der Waals surface area contributed by atoms with Crippen LogP contribution >= 0.6 is 11.8 Å². The van der Waals surface area contributed by atoms with Crippen LogP contribution < -0.4 is 0 Å². The minimum absolute atomic E-state index is 0.0412. The Kier molecular flexibility index (Phi) is 5.57. The van der Waals surface area contributed by atoms with Crippen LogP contribution in [0.2, 0.25) is 0 Å². The maximum atomic E-state index is 12.9. The van der Waals surface area contributed by atoms with Gasteiger partial charge in [-0.2, -0.15) is 15.1 Å². The zero-order valence-corrected chi connectivity index (χ0v) is 20.4. The Morgan fingerprint density at radius 2 is 1.74 bits per heavy atom. The number of carbonyl (C=O) groups is 1. The molecule has 2 aromatic carbocycles. The number of aryl methyl sites for hydroxylation is 1. The molecule has 0 aliphatic carbocycles. The zero-order chi connectivity index (χ0) is 24.0. The molecular formula is C27H25N5OS. The Bertz CT molecular complexity index is 1390. The molecule has 0 bridgehead atoms. The Morgan fingerprint density at radius 3 is 2.41 bits per heavy atom. The van der Waals surface area contributed by atoms with E-state index in [0.717, 1.165) is 33.2 Å². The molecule has 0 radical (unpaired) electrons. The molecule has 1 N–H and O–H groups in total. The zero-order valence-electron chi connectivity index (χ0n) is 19.5. The van der Waals surface area contributed by atoms with Crippen molar-refractivity contribution in [3.05, 3.63) is 94.3 Å². The fraction of sp³-hybridized carbons (Fsp3) is 0.185. The summed E-state index contributed by atoms with van der Waals surface area (Å²) in [6.45, 7) is 8.43. The van der Waals surface area contributed by atoms with Gasteiger partial charge in [0.15, 0.2) is 5.84 Å². The number of nitrogens with one attached hydrogen (secondary N) is 1. The van der Waals surface area contributed by atoms with Crippen LogP contribution in [0.25, 0.3) is 11.8 Å². The van der Waals surface area contributed by atoms with Crippen molar-refractivity contribution in [2.45, 2.75) is 33.6 Å². The lowest BCUT2D eigenvalue weighted by Gasteiger charge is -2.20. The van der Waals surface area contributed by atoms with Gasteiger partial charge in [-0.15, -0.1) is 0 Å². The summed E-state index contributed by atoms with van der Waals surface area (Å²) in [4.78, 5) is 17.1. The lowest BCUT2D eigenvalue weighted by molar-refractivity contribution is -0.114. The molecule has 0 saturated carbocycles. The smallest absolute Gasteiger partial charge is 0.283 e. The SMILES string of the molecule is Cc1cc(C=C2C(=N)N3N=C(c4ccccc4)SC3=NC2=O)c(C)n1-c1ccc(C(C)C)cc1. The summed E-state index contributed by atoms with van der Waals surface area (Å²) in [6.07, 6.45) is 1.76. The number of carbonyl (C=O) groups excluding carboxylic acids is 1. The normalized spacial score (nSPS) is 16.9. The summed E-state index contributed by atoms with van der Waals surface area (Å²) >= 11 is 1.31. The second-order valence-corrected chi connectivity index (χ2v) is 9.66. The number of amides is 1. The summed E-state index contributed by atoms with van der Waals surface area (Å²) in [6, 6.07) is 20.3. The van der Waals surface area contributed by atoms with E-state index in [1.165, 1.54) is 22.3 Å². The van der Waals surface area contributed by atoms with Crippen LogP contribution in [0.5, 0.6) is 0 Å². The lowest BCUT2D eigenvalue weighted by Crippen LogP contribution is -2.35. The van der Waals surface area contributed by atoms with E-state index < -0.39 is 5.91 Å². The topological polar surface area (TPSA) is 73.8 Å². The average molecular weight is 468 g/mol. The number of rotatable bonds is 4. The van der Waals surface area contributed by atoms with Crippen molar-refractivity contribution in [3.8, 4) is 5.69 Å². The average Bonchev–Trinajstić information content (AvgIpc) is 3.37. The number of hydrogen-bond donors (Lipinski definition) is 1. The monoisotopic (exact) mass is 467 g/mol. The van der Waals surface area contributed by atoms with Gasteiger partial charge in [-0.3, -0.25) is 10.2 Å². The van der Waals surface area contributed by atoms with Crippen molar-refractivity contribution in [1.29, 1.82) is 5.41 Å². The number of benzene rings is 2. The number of nitrogens with zero attached hydrogens (tertiary/aromatic N) is 4. The number of fused-ring (bicyclic) bond motifs is 1. The van der Waals surface area contributed by atoms with Crippen molar-refractivity contribution >= 4 is 39.8 Å². The molecule has 170 valence electrons. The Balaban J connectivity index is 1.49. The largest absolute Gasteiger partial charge is 0.318 e. The van der Waals surface area contributed by atoms with Crippen molar-refractivity contribution in [2.24, 2.45) is 10.1 Å². The van der Waals surface area contributed by atoms with Crippen LogP contribution in [-0.2, 0) is 4.79 Å². The molecule has 2 aliphatic heterocycles. The molecule has 7 heteroatoms. The van der Waals surface area contributed by atoms with E-state index in [9.17, 15) is 4.79 Å². The Labute approximate surface area is 203 Å². The highest BCUT2D eigenvalue weighted by molar-refractivity contribution is 8.27. The molecular weight excluding hydrogens is 442 g/mol. The van der Waals surface area contributed by atoms with Gasteiger partial charge in [-0.05, 0) is 66.9 Å². The van der Waals surface area contributed by atoms with Crippen LogP contribution in [0.15, 0.2) is 76.3 Å². The highest BCUT2D eigenvalue weighted by Gasteiger charge is 2.36. The molecule has 1 aromatic heterocycles. The molecule has 0 unspecified atom stereocenters. The second-order valence-electron chi connectivity index (χ2n) is 8.70. The van der Waals surface area contributed by atoms with Crippen LogP contribution in [0.4, 0.5) is 0 Å². The minimum atomic E-state index is -0.417. The molecule has 5 rings (SSSR count). The number of aromatic nitrogens is 1. The summed E-state index contributed by atoms with van der Waals surface area (Å²) in [7, 11) is 0. The first-order valence-electron chi connectivity index (χ1n) is 11.2. The van der Waals surface area contributed by atoms with Crippen molar-refractivity contribution < 1.29 is 4.79 Å². The van der Waals surface area contributed by atoms with E-state index in [2.05, 4.69) is 52.8 Å². The predicted molar refractivity (Wildman–Crippen MR) is 140 cm³/mol. The van der Waals surface area contributed by atoms with Gasteiger partial charge in [-0.1, -0.05) is 56.3 Å². The maximum Gasteiger partial charge on any atom is 0.283 e. The molecule has 0 atom stereocenters. The Hall–Kier alpha value is -3.71. The van der Waals surface area contributed by atoms with Gasteiger partial charge in [0.2, 0.25) is 5.17 Å². The van der Waals surface area contributed by atoms with E-state index >= 15 is 0 Å². The number of aliphatic imine (C=N–C) groups is 1. The van der Waals surface area contributed by atoms with Gasteiger partial charge in [0.25, 0.3) is 5.91 Å². The number of thioether (sulfide) groups is 1. The van der Waals surface area contributed by atoms with E-state index in [0.29, 0.717) is 11.1 Å². The van der Waals surface area contributed by atoms with Gasteiger partial charge in [0.1, 0.15) is 5.04 Å². The van der Waals surface area contributed by atoms with Crippen LogP contribution in [0, 0.1) is 19.3 Å². The van der Waals surface area contributed by atoms with E-state index in [1.807, 2.05) is 50.2 Å². The molecule has 3 aromatic rings. The standard InChI is InChI=1S/C27H25N5OS/c1-16(2)19-10-12-22(13-11-19)31-17(3)14-21(18(31)4)15-23-24(28)32-27(29-25(23)33)34-26(30-32)20-8-6-5-7-9-20/h5-16,28H,1-4H3. The highest BCUT2D eigenvalue weighted by atomic mass is 32.2. The van der Waals surface area contributed by atoms with E-state index in [1.54, 1.807) is 6.08 Å². The van der Waals surface area contributed by atoms with Crippen molar-refractivity contribution in [2.75, 3.05) is 0 Å². The molecule has 34 heavy (non-hydrogen) atoms. The van der Waals surface area contributed by atoms with Crippen LogP contribution in [0.1, 0.15) is 47.8 Å². The molecule has 0 spiro atoms. The number of amidine groups is 2. The third-order valence-corrected chi connectivity index (χ3v) is 7.02. The first kappa shape index (κ1) is 22.1. The second kappa shape index (κ2) is 8.57. The third-order valence-electron chi connectivity index (χ3n) is 6.06. The lowest BCUT2D eigenvalue weighted by atomic mass is 10.0. The molecule has 1 amide bonds. The van der Waals surface area contributed by atoms with Gasteiger partial charge >= 0.3 is 0 Å². The van der Waals surface area contributed by atoms with Gasteiger partial charge in [0.05, 0.1) is 5.57 Å². The van der Waals surface area contributed by atoms with Crippen LogP contribution in [0.3, 0.4) is 0 Å². The number of hydrogen-bond acceptors (Lipinski definition) is 4. The van der Waals surface area contributed by atoms with Crippen LogP contribution in [-0.4, -0.2) is 31.5 Å². The summed E-state index contributed by atoms with van der Waals surface area (Å²) < 4.78 is 2.17. The quantitative estimate of drug-likeness (QED) is 0.487. The summed E-state index contributed by atoms with van der Waals surface area (Å²) in [5.41, 5.74) is 6.48. The molecule has 3 heterocycles. The summed E-state index contributed by atoms with van der Waals surface area (Å²) in [5.74, 6) is 0.0997. The first-order valence-corrected chi connectivity index (χ1v) is 12.0. The molecule has 6 nitrogen and oxygen atoms in total. The van der Waals surface area contributed by atoms with Crippen molar-refractivity contribution in [1.82, 2.24) is 9.58 Å². The van der Waals surface area contributed by atoms with Gasteiger partial charge in [0, 0.05) is 22.6 Å². The highest BCUT2D eigenvalue weighted by Crippen LogP contribution is 2.32.